The van der Waals surface area contributed by atoms with E-state index in [1.165, 1.54) is 31.4 Å². The molecule has 0 amide bonds. The van der Waals surface area contributed by atoms with Gasteiger partial charge < -0.3 is 14.8 Å². The molecule has 0 bridgehead atoms. The molecule has 3 rings (SSSR count). The number of rotatable bonds is 8. The molecule has 0 heterocycles. The highest BCUT2D eigenvalue weighted by molar-refractivity contribution is 5.36. The number of ether oxygens (including phenoxy) is 2. The Morgan fingerprint density at radius 3 is 2.37 bits per heavy atom. The van der Waals surface area contributed by atoms with Gasteiger partial charge in [0.15, 0.2) is 0 Å². The van der Waals surface area contributed by atoms with Gasteiger partial charge in [-0.2, -0.15) is 13.2 Å². The van der Waals surface area contributed by atoms with Crippen LogP contribution in [-0.2, 0) is 17.5 Å². The maximum atomic E-state index is 12.8. The highest BCUT2D eigenvalue weighted by Crippen LogP contribution is 2.40. The molecule has 2 aromatic rings. The summed E-state index contributed by atoms with van der Waals surface area (Å²) < 4.78 is 49.4. The van der Waals surface area contributed by atoms with Crippen molar-refractivity contribution in [1.29, 1.82) is 0 Å². The van der Waals surface area contributed by atoms with E-state index in [1.54, 1.807) is 13.2 Å². The maximum Gasteiger partial charge on any atom is 0.416 e. The molecule has 6 heteroatoms. The molecule has 0 saturated heterocycles. The molecule has 0 spiro atoms. The van der Waals surface area contributed by atoms with Crippen molar-refractivity contribution in [3.63, 3.8) is 0 Å². The van der Waals surface area contributed by atoms with E-state index in [0.29, 0.717) is 12.3 Å². The SMILES string of the molecule is COCC1(CNCc2cccc(Oc3cccc(C(F)(F)F)c3)c2)CCC1. The summed E-state index contributed by atoms with van der Waals surface area (Å²) in [5.74, 6) is 0.687. The number of hydrogen-bond donors (Lipinski definition) is 1. The Kier molecular flexibility index (Phi) is 6.07. The van der Waals surface area contributed by atoms with E-state index in [-0.39, 0.29) is 11.2 Å². The van der Waals surface area contributed by atoms with Gasteiger partial charge in [0.1, 0.15) is 11.5 Å². The molecule has 0 aliphatic heterocycles. The van der Waals surface area contributed by atoms with E-state index in [1.807, 2.05) is 18.2 Å². The van der Waals surface area contributed by atoms with Crippen molar-refractivity contribution in [3.8, 4) is 11.5 Å². The van der Waals surface area contributed by atoms with Crippen LogP contribution in [0.25, 0.3) is 0 Å². The summed E-state index contributed by atoms with van der Waals surface area (Å²) in [7, 11) is 1.73. The second-order valence-electron chi connectivity index (χ2n) is 7.17. The van der Waals surface area contributed by atoms with Gasteiger partial charge in [0.25, 0.3) is 0 Å². The van der Waals surface area contributed by atoms with Crippen LogP contribution < -0.4 is 10.1 Å². The first-order valence-electron chi connectivity index (χ1n) is 9.04. The molecule has 0 atom stereocenters. The molecule has 1 saturated carbocycles. The normalized spacial score (nSPS) is 16.0. The van der Waals surface area contributed by atoms with Gasteiger partial charge in [-0.15, -0.1) is 0 Å². The largest absolute Gasteiger partial charge is 0.457 e. The van der Waals surface area contributed by atoms with Crippen molar-refractivity contribution in [2.75, 3.05) is 20.3 Å². The highest BCUT2D eigenvalue weighted by atomic mass is 19.4. The zero-order valence-corrected chi connectivity index (χ0v) is 15.3. The van der Waals surface area contributed by atoms with E-state index in [4.69, 9.17) is 9.47 Å². The van der Waals surface area contributed by atoms with E-state index in [2.05, 4.69) is 5.32 Å². The summed E-state index contributed by atoms with van der Waals surface area (Å²) in [5, 5.41) is 3.47. The van der Waals surface area contributed by atoms with Crippen LogP contribution in [0.1, 0.15) is 30.4 Å². The van der Waals surface area contributed by atoms with Gasteiger partial charge in [-0.25, -0.2) is 0 Å². The van der Waals surface area contributed by atoms with Gasteiger partial charge in [0, 0.05) is 25.6 Å². The third-order valence-corrected chi connectivity index (χ3v) is 4.99. The standard InChI is InChI=1S/C21H24F3NO2/c1-26-15-20(9-4-10-20)14-25-13-16-5-2-7-18(11-16)27-19-8-3-6-17(12-19)21(22,23)24/h2-3,5-8,11-12,25H,4,9-10,13-15H2,1H3. The first kappa shape index (κ1) is 19.7. The van der Waals surface area contributed by atoms with Crippen LogP contribution in [0.15, 0.2) is 48.5 Å². The van der Waals surface area contributed by atoms with Crippen molar-refractivity contribution in [1.82, 2.24) is 5.32 Å². The van der Waals surface area contributed by atoms with Gasteiger partial charge >= 0.3 is 6.18 Å². The summed E-state index contributed by atoms with van der Waals surface area (Å²) in [4.78, 5) is 0. The second-order valence-corrected chi connectivity index (χ2v) is 7.17. The Morgan fingerprint density at radius 1 is 1.04 bits per heavy atom. The van der Waals surface area contributed by atoms with Gasteiger partial charge in [-0.3, -0.25) is 0 Å². The van der Waals surface area contributed by atoms with Gasteiger partial charge in [-0.05, 0) is 48.7 Å². The molecule has 0 aromatic heterocycles. The lowest BCUT2D eigenvalue weighted by Gasteiger charge is -2.41. The zero-order chi connectivity index (χ0) is 19.3. The van der Waals surface area contributed by atoms with Gasteiger partial charge in [0.05, 0.1) is 12.2 Å². The Hall–Kier alpha value is -2.05. The van der Waals surface area contributed by atoms with Crippen LogP contribution in [-0.4, -0.2) is 20.3 Å². The third kappa shape index (κ3) is 5.23. The number of alkyl halides is 3. The van der Waals surface area contributed by atoms with Gasteiger partial charge in [-0.1, -0.05) is 24.6 Å². The molecular weight excluding hydrogens is 355 g/mol. The minimum Gasteiger partial charge on any atom is -0.457 e. The molecule has 1 aliphatic carbocycles. The fourth-order valence-electron chi connectivity index (χ4n) is 3.42. The first-order valence-corrected chi connectivity index (χ1v) is 9.04. The van der Waals surface area contributed by atoms with Crippen LogP contribution in [0, 0.1) is 5.41 Å². The summed E-state index contributed by atoms with van der Waals surface area (Å²) in [6, 6.07) is 12.3. The lowest BCUT2D eigenvalue weighted by Crippen LogP contribution is -2.43. The van der Waals surface area contributed by atoms with E-state index in [9.17, 15) is 13.2 Å². The smallest absolute Gasteiger partial charge is 0.416 e. The van der Waals surface area contributed by atoms with Crippen LogP contribution in [0.3, 0.4) is 0 Å². The third-order valence-electron chi connectivity index (χ3n) is 4.99. The summed E-state index contributed by atoms with van der Waals surface area (Å²) in [6.07, 6.45) is -0.796. The topological polar surface area (TPSA) is 30.5 Å². The molecule has 1 N–H and O–H groups in total. The first-order chi connectivity index (χ1) is 12.9. The molecule has 146 valence electrons. The summed E-state index contributed by atoms with van der Waals surface area (Å²) in [6.45, 7) is 2.32. The highest BCUT2D eigenvalue weighted by Gasteiger charge is 2.36. The van der Waals surface area contributed by atoms with Crippen LogP contribution in [0.4, 0.5) is 13.2 Å². The number of benzene rings is 2. The van der Waals surface area contributed by atoms with Crippen LogP contribution in [0.5, 0.6) is 11.5 Å². The average molecular weight is 379 g/mol. The molecule has 0 unspecified atom stereocenters. The lowest BCUT2D eigenvalue weighted by atomic mass is 9.69. The predicted octanol–water partition coefficient (Wildman–Crippen LogP) is 5.40. The molecular formula is C21H24F3NO2. The second kappa shape index (κ2) is 8.31. The van der Waals surface area contributed by atoms with Gasteiger partial charge in [0.2, 0.25) is 0 Å². The molecule has 1 aliphatic rings. The minimum absolute atomic E-state index is 0.170. The quantitative estimate of drug-likeness (QED) is 0.666. The van der Waals surface area contributed by atoms with Crippen LogP contribution >= 0.6 is 0 Å². The lowest BCUT2D eigenvalue weighted by molar-refractivity contribution is -0.137. The predicted molar refractivity (Wildman–Crippen MR) is 97.8 cm³/mol. The van der Waals surface area contributed by atoms with E-state index in [0.717, 1.165) is 30.8 Å². The number of hydrogen-bond acceptors (Lipinski definition) is 3. The maximum absolute atomic E-state index is 12.8. The molecule has 3 nitrogen and oxygen atoms in total. The fraction of sp³-hybridized carbons (Fsp3) is 0.429. The Labute approximate surface area is 157 Å². The zero-order valence-electron chi connectivity index (χ0n) is 15.3. The molecule has 27 heavy (non-hydrogen) atoms. The number of nitrogens with one attached hydrogen (secondary N) is 1. The monoisotopic (exact) mass is 379 g/mol. The molecule has 1 fully saturated rings. The summed E-state index contributed by atoms with van der Waals surface area (Å²) >= 11 is 0. The fourth-order valence-corrected chi connectivity index (χ4v) is 3.42. The number of methoxy groups -OCH3 is 1. The van der Waals surface area contributed by atoms with Crippen molar-refractivity contribution in [2.24, 2.45) is 5.41 Å². The van der Waals surface area contributed by atoms with Crippen molar-refractivity contribution >= 4 is 0 Å². The van der Waals surface area contributed by atoms with Crippen molar-refractivity contribution in [3.05, 3.63) is 59.7 Å². The Morgan fingerprint density at radius 2 is 1.74 bits per heavy atom. The number of halogens is 3. The average Bonchev–Trinajstić information content (AvgIpc) is 2.59. The van der Waals surface area contributed by atoms with E-state index >= 15 is 0 Å². The Balaban J connectivity index is 1.59. The minimum atomic E-state index is -4.38. The summed E-state index contributed by atoms with van der Waals surface area (Å²) in [5.41, 5.74) is 0.536. The van der Waals surface area contributed by atoms with Crippen molar-refractivity contribution < 1.29 is 22.6 Å². The molecule has 2 aromatic carbocycles. The van der Waals surface area contributed by atoms with E-state index < -0.39 is 11.7 Å². The molecule has 0 radical (unpaired) electrons. The van der Waals surface area contributed by atoms with Crippen molar-refractivity contribution in [2.45, 2.75) is 32.0 Å². The Bertz CT molecular complexity index is 757. The van der Waals surface area contributed by atoms with Crippen LogP contribution in [0.2, 0.25) is 0 Å².